The first-order valence-electron chi connectivity index (χ1n) is 5.48. The van der Waals surface area contributed by atoms with Crippen LogP contribution in [0.15, 0.2) is 12.3 Å². The summed E-state index contributed by atoms with van der Waals surface area (Å²) in [6.07, 6.45) is -4.40. The summed E-state index contributed by atoms with van der Waals surface area (Å²) in [4.78, 5) is 24.4. The maximum absolute atomic E-state index is 12.5. The zero-order valence-electron chi connectivity index (χ0n) is 11.2. The number of methoxy groups -OCH3 is 1. The van der Waals surface area contributed by atoms with E-state index in [4.69, 9.17) is 4.74 Å². The molecule has 21 heavy (non-hydrogen) atoms. The van der Waals surface area contributed by atoms with E-state index in [-0.39, 0.29) is 6.07 Å². The number of hydrogen-bond acceptors (Lipinski definition) is 6. The second-order valence-electron chi connectivity index (χ2n) is 4.41. The van der Waals surface area contributed by atoms with Gasteiger partial charge < -0.3 is 9.47 Å². The van der Waals surface area contributed by atoms with Crippen LogP contribution in [0.4, 0.5) is 18.9 Å². The van der Waals surface area contributed by atoms with Gasteiger partial charge in [-0.1, -0.05) is 0 Å². The molecule has 0 aromatic carbocycles. The molecule has 1 heterocycles. The molecule has 0 spiro atoms. The standard InChI is InChI=1S/C11H11F3N2O5/c1-10(2,9(17)20-3)21-8-7(16(18)19)4-6(5-15-8)11(12,13)14/h4-5H,1-3H3. The Hall–Kier alpha value is -2.39. The minimum atomic E-state index is -4.78. The Balaban J connectivity index is 3.26. The summed E-state index contributed by atoms with van der Waals surface area (Å²) in [6, 6.07) is 0.287. The van der Waals surface area contributed by atoms with E-state index in [2.05, 4.69) is 9.72 Å². The van der Waals surface area contributed by atoms with Crippen molar-refractivity contribution in [3.05, 3.63) is 27.9 Å². The number of rotatable bonds is 4. The smallest absolute Gasteiger partial charge is 0.418 e. The van der Waals surface area contributed by atoms with Gasteiger partial charge in [-0.05, 0) is 13.8 Å². The van der Waals surface area contributed by atoms with Crippen LogP contribution >= 0.6 is 0 Å². The molecule has 1 rings (SSSR count). The van der Waals surface area contributed by atoms with Crippen molar-refractivity contribution in [1.29, 1.82) is 0 Å². The van der Waals surface area contributed by atoms with Crippen molar-refractivity contribution in [2.75, 3.05) is 7.11 Å². The van der Waals surface area contributed by atoms with E-state index in [1.807, 2.05) is 0 Å². The van der Waals surface area contributed by atoms with Crippen LogP contribution in [0.1, 0.15) is 19.4 Å². The van der Waals surface area contributed by atoms with Crippen LogP contribution in [0.2, 0.25) is 0 Å². The average molecular weight is 308 g/mol. The van der Waals surface area contributed by atoms with Crippen LogP contribution < -0.4 is 4.74 Å². The van der Waals surface area contributed by atoms with Crippen molar-refractivity contribution in [1.82, 2.24) is 4.98 Å². The number of ether oxygens (including phenoxy) is 2. The highest BCUT2D eigenvalue weighted by atomic mass is 19.4. The zero-order valence-corrected chi connectivity index (χ0v) is 11.2. The zero-order chi connectivity index (χ0) is 16.4. The van der Waals surface area contributed by atoms with Gasteiger partial charge in [-0.15, -0.1) is 0 Å². The van der Waals surface area contributed by atoms with Crippen LogP contribution in [-0.2, 0) is 15.7 Å². The van der Waals surface area contributed by atoms with Gasteiger partial charge in [0, 0.05) is 12.3 Å². The first kappa shape index (κ1) is 16.7. The molecular formula is C11H11F3N2O5. The second kappa shape index (κ2) is 5.54. The number of nitro groups is 1. The van der Waals surface area contributed by atoms with Crippen molar-refractivity contribution in [3.63, 3.8) is 0 Å². The van der Waals surface area contributed by atoms with Gasteiger partial charge >= 0.3 is 17.8 Å². The van der Waals surface area contributed by atoms with E-state index >= 15 is 0 Å². The van der Waals surface area contributed by atoms with E-state index in [1.165, 1.54) is 13.8 Å². The van der Waals surface area contributed by atoms with Gasteiger partial charge in [0.05, 0.1) is 17.6 Å². The Morgan fingerprint density at radius 1 is 1.38 bits per heavy atom. The van der Waals surface area contributed by atoms with Crippen LogP contribution in [0.25, 0.3) is 0 Å². The largest absolute Gasteiger partial charge is 0.466 e. The molecule has 0 atom stereocenters. The quantitative estimate of drug-likeness (QED) is 0.481. The molecule has 0 amide bonds. The average Bonchev–Trinajstić information content (AvgIpc) is 2.36. The molecule has 0 radical (unpaired) electrons. The van der Waals surface area contributed by atoms with E-state index < -0.39 is 39.8 Å². The van der Waals surface area contributed by atoms with Gasteiger partial charge in [-0.2, -0.15) is 13.2 Å². The Bertz CT molecular complexity index is 571. The maximum Gasteiger partial charge on any atom is 0.418 e. The normalized spacial score (nSPS) is 11.9. The van der Waals surface area contributed by atoms with E-state index in [9.17, 15) is 28.1 Å². The lowest BCUT2D eigenvalue weighted by Crippen LogP contribution is -2.39. The number of hydrogen-bond donors (Lipinski definition) is 0. The van der Waals surface area contributed by atoms with Crippen LogP contribution in [0.5, 0.6) is 5.88 Å². The third kappa shape index (κ3) is 3.80. The summed E-state index contributed by atoms with van der Waals surface area (Å²) < 4.78 is 47.0. The summed E-state index contributed by atoms with van der Waals surface area (Å²) >= 11 is 0. The number of carbonyl (C=O) groups excluding carboxylic acids is 1. The first-order valence-corrected chi connectivity index (χ1v) is 5.48. The molecule has 7 nitrogen and oxygen atoms in total. The van der Waals surface area contributed by atoms with Crippen LogP contribution in [-0.4, -0.2) is 28.6 Å². The van der Waals surface area contributed by atoms with Crippen molar-refractivity contribution in [2.45, 2.75) is 25.6 Å². The van der Waals surface area contributed by atoms with E-state index in [0.29, 0.717) is 6.20 Å². The molecule has 0 aliphatic heterocycles. The van der Waals surface area contributed by atoms with Crippen molar-refractivity contribution < 1.29 is 32.4 Å². The Kier molecular flexibility index (Phi) is 4.40. The Labute approximate surface area is 116 Å². The first-order chi connectivity index (χ1) is 9.49. The highest BCUT2D eigenvalue weighted by Gasteiger charge is 2.37. The topological polar surface area (TPSA) is 91.6 Å². The maximum atomic E-state index is 12.5. The van der Waals surface area contributed by atoms with Gasteiger partial charge in [0.1, 0.15) is 0 Å². The molecule has 0 saturated heterocycles. The molecule has 0 unspecified atom stereocenters. The summed E-state index contributed by atoms with van der Waals surface area (Å²) in [6.45, 7) is 2.48. The van der Waals surface area contributed by atoms with Crippen molar-refractivity contribution >= 4 is 11.7 Å². The fourth-order valence-electron chi connectivity index (χ4n) is 1.33. The number of carbonyl (C=O) groups is 1. The van der Waals surface area contributed by atoms with Gasteiger partial charge in [0.2, 0.25) is 5.60 Å². The molecule has 116 valence electrons. The number of esters is 1. The van der Waals surface area contributed by atoms with E-state index in [0.717, 1.165) is 7.11 Å². The SMILES string of the molecule is COC(=O)C(C)(C)Oc1ncc(C(F)(F)F)cc1[N+](=O)[O-]. The third-order valence-corrected chi connectivity index (χ3v) is 2.39. The highest BCUT2D eigenvalue weighted by molar-refractivity contribution is 5.79. The fourth-order valence-corrected chi connectivity index (χ4v) is 1.33. The molecule has 0 aliphatic rings. The monoisotopic (exact) mass is 308 g/mol. The predicted molar refractivity (Wildman–Crippen MR) is 62.6 cm³/mol. The lowest BCUT2D eigenvalue weighted by atomic mass is 10.1. The Morgan fingerprint density at radius 3 is 2.38 bits per heavy atom. The second-order valence-corrected chi connectivity index (χ2v) is 4.41. The Morgan fingerprint density at radius 2 is 1.95 bits per heavy atom. The number of pyridine rings is 1. The van der Waals surface area contributed by atoms with Gasteiger partial charge in [0.15, 0.2) is 0 Å². The number of halogens is 3. The molecule has 0 fully saturated rings. The number of aromatic nitrogens is 1. The number of alkyl halides is 3. The molecule has 1 aromatic rings. The lowest BCUT2D eigenvalue weighted by Gasteiger charge is -2.22. The molecule has 0 aliphatic carbocycles. The molecular weight excluding hydrogens is 297 g/mol. The van der Waals surface area contributed by atoms with Gasteiger partial charge in [-0.25, -0.2) is 9.78 Å². The fraction of sp³-hybridized carbons (Fsp3) is 0.455. The molecule has 0 saturated carbocycles. The van der Waals surface area contributed by atoms with Crippen molar-refractivity contribution in [3.8, 4) is 5.88 Å². The molecule has 10 heteroatoms. The van der Waals surface area contributed by atoms with Crippen molar-refractivity contribution in [2.24, 2.45) is 0 Å². The van der Waals surface area contributed by atoms with Gasteiger partial charge in [-0.3, -0.25) is 10.1 Å². The molecule has 0 bridgehead atoms. The van der Waals surface area contributed by atoms with Crippen LogP contribution in [0, 0.1) is 10.1 Å². The minimum Gasteiger partial charge on any atom is -0.466 e. The lowest BCUT2D eigenvalue weighted by molar-refractivity contribution is -0.386. The van der Waals surface area contributed by atoms with E-state index in [1.54, 1.807) is 0 Å². The summed E-state index contributed by atoms with van der Waals surface area (Å²) in [5, 5.41) is 10.8. The summed E-state index contributed by atoms with van der Waals surface area (Å²) in [5.41, 5.74) is -3.94. The predicted octanol–water partition coefficient (Wildman–Crippen LogP) is 2.34. The third-order valence-electron chi connectivity index (χ3n) is 2.39. The van der Waals surface area contributed by atoms with Gasteiger partial charge in [0.25, 0.3) is 5.88 Å². The number of nitrogens with zero attached hydrogens (tertiary/aromatic N) is 2. The molecule has 0 N–H and O–H groups in total. The summed E-state index contributed by atoms with van der Waals surface area (Å²) in [5.74, 6) is -1.57. The highest BCUT2D eigenvalue weighted by Crippen LogP contribution is 2.35. The van der Waals surface area contributed by atoms with Crippen LogP contribution in [0.3, 0.4) is 0 Å². The summed E-state index contributed by atoms with van der Waals surface area (Å²) in [7, 11) is 1.07. The minimum absolute atomic E-state index is 0.287. The molecule has 1 aromatic heterocycles.